The van der Waals surface area contributed by atoms with Crippen molar-refractivity contribution in [2.24, 2.45) is 5.92 Å². The van der Waals surface area contributed by atoms with Gasteiger partial charge in [0.25, 0.3) is 0 Å². The maximum Gasteiger partial charge on any atom is 0.154 e. The summed E-state index contributed by atoms with van der Waals surface area (Å²) in [7, 11) is 0. The molecule has 0 heterocycles. The fraction of sp³-hybridized carbons (Fsp3) is 0.909. The van der Waals surface area contributed by atoms with Crippen LogP contribution in [0.1, 0.15) is 41.5 Å². The number of nitrogens with one attached hydrogen (secondary N) is 1. The van der Waals surface area contributed by atoms with Crippen LogP contribution in [-0.2, 0) is 4.79 Å². The highest BCUT2D eigenvalue weighted by Crippen LogP contribution is 2.09. The monoisotopic (exact) mass is 201 g/mol. The second-order valence-corrected chi connectivity index (χ2v) is 5.17. The molecule has 0 spiro atoms. The predicted octanol–water partition coefficient (Wildman–Crippen LogP) is 1.35. The van der Waals surface area contributed by atoms with Gasteiger partial charge in [0, 0.05) is 11.5 Å². The standard InChI is InChI=1S/C11H23NO2/c1-7(2)10(14)9(8(3)13)12-11(4,5)6/h7-9,12-13H,1-6H3/t8-,9+/m0/s1. The molecule has 2 atom stereocenters. The normalized spacial score (nSPS) is 16.9. The Labute approximate surface area is 86.9 Å². The fourth-order valence-electron chi connectivity index (χ4n) is 1.26. The third kappa shape index (κ3) is 4.72. The van der Waals surface area contributed by atoms with Gasteiger partial charge in [-0.05, 0) is 27.7 Å². The Bertz CT molecular complexity index is 192. The largest absolute Gasteiger partial charge is 0.391 e. The molecule has 0 aromatic heterocycles. The van der Waals surface area contributed by atoms with Crippen molar-refractivity contribution >= 4 is 5.78 Å². The highest BCUT2D eigenvalue weighted by Gasteiger charge is 2.28. The van der Waals surface area contributed by atoms with Crippen LogP contribution in [0.4, 0.5) is 0 Å². The topological polar surface area (TPSA) is 49.3 Å². The summed E-state index contributed by atoms with van der Waals surface area (Å²) in [5, 5.41) is 12.6. The summed E-state index contributed by atoms with van der Waals surface area (Å²) < 4.78 is 0. The molecular weight excluding hydrogens is 178 g/mol. The second-order valence-electron chi connectivity index (χ2n) is 5.17. The fourth-order valence-corrected chi connectivity index (χ4v) is 1.26. The molecule has 0 bridgehead atoms. The minimum Gasteiger partial charge on any atom is -0.391 e. The van der Waals surface area contributed by atoms with Gasteiger partial charge in [-0.25, -0.2) is 0 Å². The van der Waals surface area contributed by atoms with Crippen LogP contribution in [0.5, 0.6) is 0 Å². The Kier molecular flexibility index (Phi) is 4.75. The van der Waals surface area contributed by atoms with Crippen LogP contribution in [0.15, 0.2) is 0 Å². The summed E-state index contributed by atoms with van der Waals surface area (Å²) in [6, 6.07) is -0.463. The number of aliphatic hydroxyl groups is 1. The van der Waals surface area contributed by atoms with Crippen molar-refractivity contribution in [2.75, 3.05) is 0 Å². The third-order valence-corrected chi connectivity index (χ3v) is 1.95. The average molecular weight is 201 g/mol. The molecule has 0 aliphatic heterocycles. The zero-order chi connectivity index (χ0) is 11.5. The smallest absolute Gasteiger partial charge is 0.154 e. The van der Waals surface area contributed by atoms with Crippen LogP contribution in [-0.4, -0.2) is 28.6 Å². The first-order valence-electron chi connectivity index (χ1n) is 5.14. The summed E-state index contributed by atoms with van der Waals surface area (Å²) in [6.07, 6.45) is -0.649. The number of aliphatic hydroxyl groups excluding tert-OH is 1. The van der Waals surface area contributed by atoms with Gasteiger partial charge in [0.05, 0.1) is 12.1 Å². The lowest BCUT2D eigenvalue weighted by atomic mass is 9.95. The maximum absolute atomic E-state index is 11.7. The van der Waals surface area contributed by atoms with Crippen LogP contribution in [0.25, 0.3) is 0 Å². The second kappa shape index (κ2) is 4.89. The Morgan fingerprint density at radius 2 is 1.64 bits per heavy atom. The van der Waals surface area contributed by atoms with E-state index in [1.165, 1.54) is 0 Å². The number of ketones is 1. The van der Waals surface area contributed by atoms with Crippen LogP contribution >= 0.6 is 0 Å². The van der Waals surface area contributed by atoms with E-state index in [-0.39, 0.29) is 17.2 Å². The highest BCUT2D eigenvalue weighted by molar-refractivity contribution is 5.86. The Morgan fingerprint density at radius 1 is 1.21 bits per heavy atom. The third-order valence-electron chi connectivity index (χ3n) is 1.95. The molecule has 14 heavy (non-hydrogen) atoms. The molecule has 0 unspecified atom stereocenters. The number of hydrogen-bond acceptors (Lipinski definition) is 3. The van der Waals surface area contributed by atoms with Gasteiger partial charge in [-0.2, -0.15) is 0 Å². The van der Waals surface area contributed by atoms with Gasteiger partial charge in [0.15, 0.2) is 5.78 Å². The van der Waals surface area contributed by atoms with Gasteiger partial charge in [-0.15, -0.1) is 0 Å². The number of carbonyl (C=O) groups is 1. The summed E-state index contributed by atoms with van der Waals surface area (Å²) in [5.41, 5.74) is -0.161. The van der Waals surface area contributed by atoms with Crippen LogP contribution in [0, 0.1) is 5.92 Å². The molecule has 84 valence electrons. The van der Waals surface area contributed by atoms with Crippen LogP contribution in [0.3, 0.4) is 0 Å². The number of Topliss-reactive ketones (excluding diaryl/α,β-unsaturated/α-hetero) is 1. The lowest BCUT2D eigenvalue weighted by Crippen LogP contribution is -2.53. The van der Waals surface area contributed by atoms with Crippen LogP contribution < -0.4 is 5.32 Å². The molecule has 0 aliphatic rings. The molecule has 0 saturated heterocycles. The summed E-state index contributed by atoms with van der Waals surface area (Å²) >= 11 is 0. The molecule has 0 aliphatic carbocycles. The Hall–Kier alpha value is -0.410. The van der Waals surface area contributed by atoms with Gasteiger partial charge in [-0.1, -0.05) is 13.8 Å². The van der Waals surface area contributed by atoms with E-state index < -0.39 is 12.1 Å². The average Bonchev–Trinajstić information content (AvgIpc) is 1.96. The maximum atomic E-state index is 11.7. The molecular formula is C11H23NO2. The van der Waals surface area contributed by atoms with Crippen molar-refractivity contribution in [2.45, 2.75) is 59.2 Å². The lowest BCUT2D eigenvalue weighted by molar-refractivity contribution is -0.127. The molecule has 0 saturated carbocycles. The van der Waals surface area contributed by atoms with Crippen molar-refractivity contribution in [3.63, 3.8) is 0 Å². The van der Waals surface area contributed by atoms with Crippen molar-refractivity contribution in [3.8, 4) is 0 Å². The van der Waals surface area contributed by atoms with Crippen molar-refractivity contribution in [1.29, 1.82) is 0 Å². The number of rotatable bonds is 4. The van der Waals surface area contributed by atoms with E-state index in [4.69, 9.17) is 0 Å². The van der Waals surface area contributed by atoms with E-state index in [0.717, 1.165) is 0 Å². The van der Waals surface area contributed by atoms with E-state index in [0.29, 0.717) is 0 Å². The van der Waals surface area contributed by atoms with Crippen molar-refractivity contribution < 1.29 is 9.90 Å². The molecule has 0 amide bonds. The number of carbonyl (C=O) groups excluding carboxylic acids is 1. The van der Waals surface area contributed by atoms with E-state index in [1.54, 1.807) is 6.92 Å². The first kappa shape index (κ1) is 13.6. The highest BCUT2D eigenvalue weighted by atomic mass is 16.3. The van der Waals surface area contributed by atoms with E-state index in [1.807, 2.05) is 34.6 Å². The van der Waals surface area contributed by atoms with Crippen LogP contribution in [0.2, 0.25) is 0 Å². The predicted molar refractivity (Wildman–Crippen MR) is 58.2 cm³/mol. The number of hydrogen-bond donors (Lipinski definition) is 2. The molecule has 0 radical (unpaired) electrons. The first-order chi connectivity index (χ1) is 6.15. The quantitative estimate of drug-likeness (QED) is 0.722. The van der Waals surface area contributed by atoms with Gasteiger partial charge in [0.2, 0.25) is 0 Å². The molecule has 0 rings (SSSR count). The van der Waals surface area contributed by atoms with Gasteiger partial charge in [-0.3, -0.25) is 4.79 Å². The van der Waals surface area contributed by atoms with E-state index in [2.05, 4.69) is 5.32 Å². The van der Waals surface area contributed by atoms with Gasteiger partial charge in [0.1, 0.15) is 0 Å². The SMILES string of the molecule is CC(C)C(=O)[C@H](NC(C)(C)C)[C@H](C)O. The summed E-state index contributed by atoms with van der Waals surface area (Å²) in [5.74, 6) is 0.0133. The Balaban J connectivity index is 4.54. The molecule has 0 aromatic carbocycles. The molecule has 3 heteroatoms. The first-order valence-corrected chi connectivity index (χ1v) is 5.14. The van der Waals surface area contributed by atoms with Crippen molar-refractivity contribution in [3.05, 3.63) is 0 Å². The molecule has 3 nitrogen and oxygen atoms in total. The zero-order valence-corrected chi connectivity index (χ0v) is 10.1. The van der Waals surface area contributed by atoms with Crippen molar-refractivity contribution in [1.82, 2.24) is 5.32 Å². The van der Waals surface area contributed by atoms with Gasteiger partial charge < -0.3 is 10.4 Å². The van der Waals surface area contributed by atoms with E-state index >= 15 is 0 Å². The molecule has 2 N–H and O–H groups in total. The summed E-state index contributed by atoms with van der Waals surface area (Å²) in [4.78, 5) is 11.7. The van der Waals surface area contributed by atoms with Gasteiger partial charge >= 0.3 is 0 Å². The zero-order valence-electron chi connectivity index (χ0n) is 10.1. The molecule has 0 aromatic rings. The molecule has 0 fully saturated rings. The van der Waals surface area contributed by atoms with E-state index in [9.17, 15) is 9.90 Å². The lowest BCUT2D eigenvalue weighted by Gasteiger charge is -2.30. The minimum atomic E-state index is -0.649. The Morgan fingerprint density at radius 3 is 1.86 bits per heavy atom. The summed E-state index contributed by atoms with van der Waals surface area (Å²) in [6.45, 7) is 11.3. The minimum absolute atomic E-state index is 0.0514.